The first-order valence-corrected chi connectivity index (χ1v) is 7.20. The fourth-order valence-corrected chi connectivity index (χ4v) is 2.52. The third kappa shape index (κ3) is 2.45. The Labute approximate surface area is 107 Å². The molecule has 1 aliphatic rings. The molecule has 2 N–H and O–H groups in total. The third-order valence-corrected chi connectivity index (χ3v) is 4.22. The van der Waals surface area contributed by atoms with Crippen LogP contribution in [0.1, 0.15) is 20.8 Å². The van der Waals surface area contributed by atoms with Crippen molar-refractivity contribution in [3.05, 3.63) is 18.5 Å². The van der Waals surface area contributed by atoms with Crippen LogP contribution in [0.3, 0.4) is 0 Å². The first-order valence-electron chi connectivity index (χ1n) is 5.72. The summed E-state index contributed by atoms with van der Waals surface area (Å²) in [6, 6.07) is 1.64. The molecule has 0 unspecified atom stereocenters. The van der Waals surface area contributed by atoms with Crippen LogP contribution in [0.4, 0.5) is 5.69 Å². The van der Waals surface area contributed by atoms with Crippen LogP contribution >= 0.6 is 0 Å². The Morgan fingerprint density at radius 2 is 2.06 bits per heavy atom. The first kappa shape index (κ1) is 12.8. The van der Waals surface area contributed by atoms with E-state index in [1.54, 1.807) is 6.07 Å². The van der Waals surface area contributed by atoms with Crippen molar-refractivity contribution in [2.75, 3.05) is 5.32 Å². The number of nitrogens with one attached hydrogen (secondary N) is 2. The van der Waals surface area contributed by atoms with Crippen LogP contribution in [-0.4, -0.2) is 25.4 Å². The highest BCUT2D eigenvalue weighted by molar-refractivity contribution is 7.90. The average molecular weight is 268 g/mol. The maximum absolute atomic E-state index is 12.0. The summed E-state index contributed by atoms with van der Waals surface area (Å²) in [6.45, 7) is 6.00. The number of nitrogens with zero attached hydrogens (tertiary/aromatic N) is 2. The summed E-state index contributed by atoms with van der Waals surface area (Å²) in [7, 11) is -3.57. The van der Waals surface area contributed by atoms with Crippen molar-refractivity contribution < 1.29 is 8.42 Å². The minimum Gasteiger partial charge on any atom is -0.324 e. The summed E-state index contributed by atoms with van der Waals surface area (Å²) >= 11 is 0. The predicted octanol–water partition coefficient (Wildman–Crippen LogP) is 1.19. The normalized spacial score (nSPS) is 21.0. The molecule has 1 atom stereocenters. The molecule has 2 heterocycles. The number of hydrogen-bond acceptors (Lipinski definition) is 4. The zero-order valence-electron chi connectivity index (χ0n) is 10.5. The van der Waals surface area contributed by atoms with Gasteiger partial charge in [0.1, 0.15) is 4.90 Å². The molecule has 1 aromatic heterocycles. The number of aliphatic imine (C=N–C) groups is 1. The highest BCUT2D eigenvalue weighted by Gasteiger charge is 2.26. The van der Waals surface area contributed by atoms with Gasteiger partial charge in [-0.3, -0.25) is 4.98 Å². The van der Waals surface area contributed by atoms with Crippen molar-refractivity contribution in [3.63, 3.8) is 0 Å². The summed E-state index contributed by atoms with van der Waals surface area (Å²) in [4.78, 5) is 8.27. The van der Waals surface area contributed by atoms with E-state index in [0.717, 1.165) is 0 Å². The minimum absolute atomic E-state index is 0.0265. The number of rotatable bonds is 2. The van der Waals surface area contributed by atoms with Crippen molar-refractivity contribution in [2.45, 2.75) is 31.7 Å². The molecule has 0 saturated carbocycles. The quantitative estimate of drug-likeness (QED) is 0.843. The number of aromatic nitrogens is 1. The van der Waals surface area contributed by atoms with Crippen molar-refractivity contribution in [3.8, 4) is 0 Å². The lowest BCUT2D eigenvalue weighted by atomic mass is 10.1. The molecule has 0 aromatic carbocycles. The summed E-state index contributed by atoms with van der Waals surface area (Å²) in [5, 5.41) is 2.96. The smallest absolute Gasteiger partial charge is 0.267 e. The SMILES string of the molecule is CC(C)[C@H](C)N=C1Nc2ccncc2S(=O)(=O)N1. The zero-order valence-corrected chi connectivity index (χ0v) is 11.3. The highest BCUT2D eigenvalue weighted by Crippen LogP contribution is 2.23. The van der Waals surface area contributed by atoms with Crippen molar-refractivity contribution in [1.82, 2.24) is 9.71 Å². The predicted molar refractivity (Wildman–Crippen MR) is 69.9 cm³/mol. The monoisotopic (exact) mass is 268 g/mol. The topological polar surface area (TPSA) is 83.5 Å². The van der Waals surface area contributed by atoms with Crippen LogP contribution in [0, 0.1) is 5.92 Å². The molecule has 1 aliphatic heterocycles. The fraction of sp³-hybridized carbons (Fsp3) is 0.455. The van der Waals surface area contributed by atoms with Gasteiger partial charge in [-0.25, -0.2) is 18.1 Å². The fourth-order valence-electron chi connectivity index (χ4n) is 1.44. The van der Waals surface area contributed by atoms with Gasteiger partial charge in [-0.05, 0) is 18.9 Å². The Hall–Kier alpha value is -1.63. The lowest BCUT2D eigenvalue weighted by Crippen LogP contribution is -2.41. The average Bonchev–Trinajstić information content (AvgIpc) is 2.28. The molecule has 0 spiro atoms. The van der Waals surface area contributed by atoms with Crippen LogP contribution in [0.15, 0.2) is 28.3 Å². The van der Waals surface area contributed by atoms with E-state index >= 15 is 0 Å². The molecule has 98 valence electrons. The summed E-state index contributed by atoms with van der Waals surface area (Å²) in [6.07, 6.45) is 2.85. The first-order chi connectivity index (χ1) is 8.40. The van der Waals surface area contributed by atoms with E-state index in [1.807, 2.05) is 20.8 Å². The summed E-state index contributed by atoms with van der Waals surface area (Å²) in [5.41, 5.74) is 0.499. The van der Waals surface area contributed by atoms with Gasteiger partial charge in [0.2, 0.25) is 5.96 Å². The van der Waals surface area contributed by atoms with Gasteiger partial charge in [-0.15, -0.1) is 0 Å². The van der Waals surface area contributed by atoms with Gasteiger partial charge < -0.3 is 5.32 Å². The molecule has 7 heteroatoms. The molecular weight excluding hydrogens is 252 g/mol. The van der Waals surface area contributed by atoms with Gasteiger partial charge >= 0.3 is 0 Å². The second-order valence-corrected chi connectivity index (χ2v) is 6.22. The number of hydrogen-bond donors (Lipinski definition) is 2. The number of guanidine groups is 1. The van der Waals surface area contributed by atoms with Gasteiger partial charge in [0, 0.05) is 12.4 Å². The van der Waals surface area contributed by atoms with E-state index in [1.165, 1.54) is 12.4 Å². The van der Waals surface area contributed by atoms with Gasteiger partial charge in [-0.2, -0.15) is 0 Å². The molecular formula is C11H16N4O2S. The molecule has 6 nitrogen and oxygen atoms in total. The van der Waals surface area contributed by atoms with Gasteiger partial charge in [0.05, 0.1) is 11.7 Å². The number of sulfonamides is 1. The molecule has 0 fully saturated rings. The van der Waals surface area contributed by atoms with Crippen molar-refractivity contribution >= 4 is 21.7 Å². The molecule has 18 heavy (non-hydrogen) atoms. The van der Waals surface area contributed by atoms with Crippen LogP contribution in [-0.2, 0) is 10.0 Å². The molecule has 1 aromatic rings. The van der Waals surface area contributed by atoms with Crippen LogP contribution in [0.2, 0.25) is 0 Å². The Bertz CT molecular complexity index is 580. The van der Waals surface area contributed by atoms with E-state index in [-0.39, 0.29) is 16.9 Å². The van der Waals surface area contributed by atoms with Crippen molar-refractivity contribution in [2.24, 2.45) is 10.9 Å². The standard InChI is InChI=1S/C11H16N4O2S/c1-7(2)8(3)13-11-14-9-4-5-12-6-10(9)18(16,17)15-11/h4-8H,1-3H3,(H2,13,14,15)/t8-/m0/s1. The van der Waals surface area contributed by atoms with E-state index in [0.29, 0.717) is 11.6 Å². The Kier molecular flexibility index (Phi) is 3.25. The van der Waals surface area contributed by atoms with Gasteiger partial charge in [0.15, 0.2) is 0 Å². The summed E-state index contributed by atoms with van der Waals surface area (Å²) < 4.78 is 26.3. The number of fused-ring (bicyclic) bond motifs is 1. The molecule has 0 amide bonds. The Balaban J connectivity index is 2.38. The lowest BCUT2D eigenvalue weighted by Gasteiger charge is -2.22. The number of anilines is 1. The molecule has 0 aliphatic carbocycles. The van der Waals surface area contributed by atoms with Gasteiger partial charge in [0.25, 0.3) is 10.0 Å². The maximum atomic E-state index is 12.0. The van der Waals surface area contributed by atoms with Crippen LogP contribution < -0.4 is 10.0 Å². The van der Waals surface area contributed by atoms with Crippen molar-refractivity contribution in [1.29, 1.82) is 0 Å². The van der Waals surface area contributed by atoms with Crippen LogP contribution in [0.5, 0.6) is 0 Å². The zero-order chi connectivity index (χ0) is 13.3. The lowest BCUT2D eigenvalue weighted by molar-refractivity contribution is 0.529. The third-order valence-electron chi connectivity index (χ3n) is 2.86. The van der Waals surface area contributed by atoms with E-state index in [2.05, 4.69) is 20.0 Å². The second-order valence-electron chi connectivity index (χ2n) is 4.56. The molecule has 0 radical (unpaired) electrons. The van der Waals surface area contributed by atoms with E-state index in [9.17, 15) is 8.42 Å². The highest BCUT2D eigenvalue weighted by atomic mass is 32.2. The van der Waals surface area contributed by atoms with Gasteiger partial charge in [-0.1, -0.05) is 13.8 Å². The summed E-state index contributed by atoms with van der Waals surface area (Å²) in [5.74, 6) is 0.595. The number of pyridine rings is 1. The molecule has 0 saturated heterocycles. The largest absolute Gasteiger partial charge is 0.324 e. The Morgan fingerprint density at radius 3 is 2.72 bits per heavy atom. The molecule has 0 bridgehead atoms. The Morgan fingerprint density at radius 1 is 1.33 bits per heavy atom. The minimum atomic E-state index is -3.57. The molecule has 2 rings (SSSR count). The van der Waals surface area contributed by atoms with E-state index in [4.69, 9.17) is 0 Å². The maximum Gasteiger partial charge on any atom is 0.267 e. The van der Waals surface area contributed by atoms with Crippen LogP contribution in [0.25, 0.3) is 0 Å². The van der Waals surface area contributed by atoms with E-state index < -0.39 is 10.0 Å². The second kappa shape index (κ2) is 4.56.